The molecule has 0 radical (unpaired) electrons. The molecule has 0 saturated carbocycles. The van der Waals surface area contributed by atoms with Crippen LogP contribution in [0.25, 0.3) is 0 Å². The average molecular weight is 355 g/mol. The molecule has 1 aliphatic rings. The smallest absolute Gasteiger partial charge is 0.321 e. The third-order valence-electron chi connectivity index (χ3n) is 4.00. The van der Waals surface area contributed by atoms with Crippen LogP contribution >= 0.6 is 0 Å². The summed E-state index contributed by atoms with van der Waals surface area (Å²) in [6, 6.07) is 6.06. The Morgan fingerprint density at radius 3 is 2.46 bits per heavy atom. The minimum atomic E-state index is -3.54. The lowest BCUT2D eigenvalue weighted by Gasteiger charge is -2.30. The molecule has 1 unspecified atom stereocenters. The standard InChI is InChI=1S/C16H25N3O4S/c1-4-18(5-2)16(20)17-14-6-8-15(9-7-14)24(21,22)19-10-11-23-13(3)12-19/h6-9,13H,4-5,10-12H2,1-3H3,(H,17,20). The monoisotopic (exact) mass is 355 g/mol. The Morgan fingerprint density at radius 1 is 1.29 bits per heavy atom. The predicted octanol–water partition coefficient (Wildman–Crippen LogP) is 1.97. The lowest BCUT2D eigenvalue weighted by Crippen LogP contribution is -2.44. The van der Waals surface area contributed by atoms with Crippen molar-refractivity contribution in [2.45, 2.75) is 31.8 Å². The van der Waals surface area contributed by atoms with Crippen LogP contribution in [0.1, 0.15) is 20.8 Å². The molecule has 1 fully saturated rings. The molecule has 1 atom stereocenters. The molecule has 2 rings (SSSR count). The number of morpholine rings is 1. The maximum Gasteiger partial charge on any atom is 0.321 e. The Hall–Kier alpha value is -1.64. The first-order chi connectivity index (χ1) is 11.4. The Balaban J connectivity index is 2.09. The third kappa shape index (κ3) is 4.25. The topological polar surface area (TPSA) is 79.0 Å². The average Bonchev–Trinajstić information content (AvgIpc) is 2.56. The Kier molecular flexibility index (Phi) is 6.20. The molecule has 134 valence electrons. The van der Waals surface area contributed by atoms with E-state index in [9.17, 15) is 13.2 Å². The number of benzene rings is 1. The summed E-state index contributed by atoms with van der Waals surface area (Å²) in [5.74, 6) is 0. The van der Waals surface area contributed by atoms with Gasteiger partial charge in [-0.2, -0.15) is 4.31 Å². The molecule has 8 heteroatoms. The van der Waals surface area contributed by atoms with E-state index < -0.39 is 10.0 Å². The molecule has 1 heterocycles. The van der Waals surface area contributed by atoms with Gasteiger partial charge in [-0.25, -0.2) is 13.2 Å². The van der Waals surface area contributed by atoms with Crippen LogP contribution in [0.2, 0.25) is 0 Å². The first kappa shape index (κ1) is 18.7. The largest absolute Gasteiger partial charge is 0.376 e. The van der Waals surface area contributed by atoms with Crippen molar-refractivity contribution in [2.75, 3.05) is 38.1 Å². The number of carbonyl (C=O) groups excluding carboxylic acids is 1. The molecule has 24 heavy (non-hydrogen) atoms. The zero-order valence-electron chi connectivity index (χ0n) is 14.4. The van der Waals surface area contributed by atoms with E-state index in [1.165, 1.54) is 16.4 Å². The second-order valence-electron chi connectivity index (χ2n) is 5.67. The van der Waals surface area contributed by atoms with Crippen molar-refractivity contribution >= 4 is 21.7 Å². The lowest BCUT2D eigenvalue weighted by atomic mass is 10.3. The molecule has 7 nitrogen and oxygen atoms in total. The Morgan fingerprint density at radius 2 is 1.92 bits per heavy atom. The number of amides is 2. The number of anilines is 1. The summed E-state index contributed by atoms with van der Waals surface area (Å²) in [5, 5.41) is 2.77. The maximum absolute atomic E-state index is 12.6. The third-order valence-corrected chi connectivity index (χ3v) is 5.88. The molecule has 1 saturated heterocycles. The van der Waals surface area contributed by atoms with Crippen molar-refractivity contribution in [1.82, 2.24) is 9.21 Å². The van der Waals surface area contributed by atoms with Crippen molar-refractivity contribution in [2.24, 2.45) is 0 Å². The number of ether oxygens (including phenoxy) is 1. The van der Waals surface area contributed by atoms with Gasteiger partial charge in [0.1, 0.15) is 0 Å². The van der Waals surface area contributed by atoms with Crippen molar-refractivity contribution in [3.63, 3.8) is 0 Å². The lowest BCUT2D eigenvalue weighted by molar-refractivity contribution is 0.0102. The summed E-state index contributed by atoms with van der Waals surface area (Å²) in [6.45, 7) is 8.00. The Bertz CT molecular complexity index is 656. The molecule has 1 aromatic carbocycles. The van der Waals surface area contributed by atoms with E-state index in [1.807, 2.05) is 20.8 Å². The van der Waals surface area contributed by atoms with Crippen LogP contribution in [0.4, 0.5) is 10.5 Å². The summed E-state index contributed by atoms with van der Waals surface area (Å²) in [4.78, 5) is 13.9. The van der Waals surface area contributed by atoms with Crippen LogP contribution in [-0.2, 0) is 14.8 Å². The SMILES string of the molecule is CCN(CC)C(=O)Nc1ccc(S(=O)(=O)N2CCOC(C)C2)cc1. The van der Waals surface area contributed by atoms with Crippen molar-refractivity contribution in [3.05, 3.63) is 24.3 Å². The summed E-state index contributed by atoms with van der Waals surface area (Å²) in [6.07, 6.45) is -0.110. The van der Waals surface area contributed by atoms with Crippen LogP contribution in [0, 0.1) is 0 Å². The van der Waals surface area contributed by atoms with Gasteiger partial charge in [-0.1, -0.05) is 0 Å². The van der Waals surface area contributed by atoms with Gasteiger partial charge in [0.15, 0.2) is 0 Å². The van der Waals surface area contributed by atoms with Gasteiger partial charge in [0.05, 0.1) is 17.6 Å². The number of hydrogen-bond donors (Lipinski definition) is 1. The summed E-state index contributed by atoms with van der Waals surface area (Å²) >= 11 is 0. The minimum Gasteiger partial charge on any atom is -0.376 e. The van der Waals surface area contributed by atoms with Crippen LogP contribution in [-0.4, -0.2) is 62.5 Å². The summed E-state index contributed by atoms with van der Waals surface area (Å²) in [5.41, 5.74) is 0.571. The molecule has 0 aromatic heterocycles. The van der Waals surface area contributed by atoms with Gasteiger partial charge in [0.25, 0.3) is 0 Å². The minimum absolute atomic E-state index is 0.110. The number of carbonyl (C=O) groups is 1. The van der Waals surface area contributed by atoms with E-state index in [0.717, 1.165) is 0 Å². The van der Waals surface area contributed by atoms with Crippen LogP contribution in [0.15, 0.2) is 29.2 Å². The molecule has 1 N–H and O–H groups in total. The normalized spacial score (nSPS) is 19.0. The number of nitrogens with one attached hydrogen (secondary N) is 1. The highest BCUT2D eigenvalue weighted by molar-refractivity contribution is 7.89. The number of urea groups is 1. The molecular weight excluding hydrogens is 330 g/mol. The molecule has 0 bridgehead atoms. The highest BCUT2D eigenvalue weighted by atomic mass is 32.2. The fourth-order valence-electron chi connectivity index (χ4n) is 2.58. The summed E-state index contributed by atoms with van der Waals surface area (Å²) in [7, 11) is -3.54. The second kappa shape index (κ2) is 7.96. The van der Waals surface area contributed by atoms with Crippen molar-refractivity contribution in [1.29, 1.82) is 0 Å². The van der Waals surface area contributed by atoms with Crippen LogP contribution in [0.5, 0.6) is 0 Å². The molecule has 0 spiro atoms. The van der Waals surface area contributed by atoms with Crippen molar-refractivity contribution < 1.29 is 17.9 Å². The second-order valence-corrected chi connectivity index (χ2v) is 7.61. The first-order valence-corrected chi connectivity index (χ1v) is 9.60. The zero-order chi connectivity index (χ0) is 17.7. The van der Waals surface area contributed by atoms with E-state index in [1.54, 1.807) is 17.0 Å². The van der Waals surface area contributed by atoms with Gasteiger partial charge in [-0.15, -0.1) is 0 Å². The van der Waals surface area contributed by atoms with Gasteiger partial charge >= 0.3 is 6.03 Å². The molecular formula is C16H25N3O4S. The number of hydrogen-bond acceptors (Lipinski definition) is 4. The van der Waals surface area contributed by atoms with Gasteiger partial charge in [-0.05, 0) is 45.0 Å². The van der Waals surface area contributed by atoms with E-state index in [4.69, 9.17) is 4.74 Å². The molecule has 0 aliphatic carbocycles. The molecule has 1 aromatic rings. The van der Waals surface area contributed by atoms with Gasteiger partial charge in [-0.3, -0.25) is 0 Å². The number of sulfonamides is 1. The number of rotatable bonds is 5. The fourth-order valence-corrected chi connectivity index (χ4v) is 4.08. The van der Waals surface area contributed by atoms with Gasteiger partial charge < -0.3 is 15.0 Å². The molecule has 1 aliphatic heterocycles. The quantitative estimate of drug-likeness (QED) is 0.876. The van der Waals surface area contributed by atoms with Crippen LogP contribution < -0.4 is 5.32 Å². The highest BCUT2D eigenvalue weighted by Crippen LogP contribution is 2.20. The highest BCUT2D eigenvalue weighted by Gasteiger charge is 2.29. The van der Waals surface area contributed by atoms with Crippen molar-refractivity contribution in [3.8, 4) is 0 Å². The maximum atomic E-state index is 12.6. The van der Waals surface area contributed by atoms with E-state index >= 15 is 0 Å². The van der Waals surface area contributed by atoms with Gasteiger partial charge in [0.2, 0.25) is 10.0 Å². The first-order valence-electron chi connectivity index (χ1n) is 8.16. The number of nitrogens with zero attached hydrogens (tertiary/aromatic N) is 2. The van der Waals surface area contributed by atoms with E-state index in [-0.39, 0.29) is 17.0 Å². The predicted molar refractivity (Wildman–Crippen MR) is 92.6 cm³/mol. The summed E-state index contributed by atoms with van der Waals surface area (Å²) < 4.78 is 32.1. The van der Waals surface area contributed by atoms with Gasteiger partial charge in [0, 0.05) is 31.9 Å². The Labute approximate surface area is 143 Å². The van der Waals surface area contributed by atoms with Crippen LogP contribution in [0.3, 0.4) is 0 Å². The molecule has 2 amide bonds. The zero-order valence-corrected chi connectivity index (χ0v) is 15.2. The van der Waals surface area contributed by atoms with E-state index in [0.29, 0.717) is 38.5 Å². The fraction of sp³-hybridized carbons (Fsp3) is 0.562. The van der Waals surface area contributed by atoms with E-state index in [2.05, 4.69) is 5.32 Å².